The van der Waals surface area contributed by atoms with E-state index in [0.717, 1.165) is 31.2 Å². The van der Waals surface area contributed by atoms with E-state index in [1.807, 2.05) is 6.92 Å². The van der Waals surface area contributed by atoms with E-state index in [-0.39, 0.29) is 22.8 Å². The molecule has 1 saturated carbocycles. The van der Waals surface area contributed by atoms with Crippen molar-refractivity contribution in [1.82, 2.24) is 10.2 Å². The molecule has 1 aromatic carbocycles. The van der Waals surface area contributed by atoms with Crippen LogP contribution in [0.5, 0.6) is 0 Å². The highest BCUT2D eigenvalue weighted by Gasteiger charge is 2.47. The number of rotatable bonds is 6. The highest BCUT2D eigenvalue weighted by molar-refractivity contribution is 7.89. The number of amides is 2. The lowest BCUT2D eigenvalue weighted by Gasteiger charge is -2.35. The summed E-state index contributed by atoms with van der Waals surface area (Å²) in [6, 6.07) is 6.52. The first-order chi connectivity index (χ1) is 12.7. The van der Waals surface area contributed by atoms with Crippen molar-refractivity contribution in [2.24, 2.45) is 5.14 Å². The highest BCUT2D eigenvalue weighted by atomic mass is 32.2. The van der Waals surface area contributed by atoms with Crippen molar-refractivity contribution in [2.45, 2.75) is 68.3 Å². The first-order valence-corrected chi connectivity index (χ1v) is 11.0. The molecule has 0 unspecified atom stereocenters. The number of sulfonamides is 1. The van der Waals surface area contributed by atoms with E-state index in [9.17, 15) is 18.0 Å². The van der Waals surface area contributed by atoms with Crippen LogP contribution in [0.2, 0.25) is 0 Å². The summed E-state index contributed by atoms with van der Waals surface area (Å²) >= 11 is 0. The lowest BCUT2D eigenvalue weighted by atomic mass is 9.96. The van der Waals surface area contributed by atoms with Gasteiger partial charge >= 0.3 is 0 Å². The maximum atomic E-state index is 12.9. The molecule has 1 heterocycles. The molecule has 7 nitrogen and oxygen atoms in total. The Labute approximate surface area is 160 Å². The van der Waals surface area contributed by atoms with Crippen LogP contribution in [0.3, 0.4) is 0 Å². The van der Waals surface area contributed by atoms with Crippen LogP contribution in [0.1, 0.15) is 51.0 Å². The van der Waals surface area contributed by atoms with Crippen molar-refractivity contribution < 1.29 is 18.0 Å². The molecule has 8 heteroatoms. The Morgan fingerprint density at radius 2 is 1.89 bits per heavy atom. The number of carbonyl (C=O) groups is 2. The Balaban J connectivity index is 1.66. The maximum Gasteiger partial charge on any atom is 0.245 e. The van der Waals surface area contributed by atoms with Crippen LogP contribution in [0.15, 0.2) is 29.2 Å². The third kappa shape index (κ3) is 4.32. The smallest absolute Gasteiger partial charge is 0.245 e. The minimum Gasteiger partial charge on any atom is -0.351 e. The van der Waals surface area contributed by atoms with Crippen LogP contribution in [0.4, 0.5) is 0 Å². The highest BCUT2D eigenvalue weighted by Crippen LogP contribution is 2.31. The molecule has 1 atom stereocenters. The van der Waals surface area contributed by atoms with Crippen LogP contribution >= 0.6 is 0 Å². The number of primary sulfonamides is 1. The molecule has 3 rings (SSSR count). The molecule has 0 radical (unpaired) electrons. The van der Waals surface area contributed by atoms with Crippen molar-refractivity contribution in [3.8, 4) is 0 Å². The molecular formula is C19H27N3O4S. The Morgan fingerprint density at radius 3 is 2.48 bits per heavy atom. The van der Waals surface area contributed by atoms with Gasteiger partial charge in [-0.2, -0.15) is 0 Å². The molecule has 0 aromatic heterocycles. The van der Waals surface area contributed by atoms with Gasteiger partial charge in [-0.25, -0.2) is 13.6 Å². The predicted molar refractivity (Wildman–Crippen MR) is 101 cm³/mol. The van der Waals surface area contributed by atoms with Gasteiger partial charge in [0, 0.05) is 19.0 Å². The molecule has 1 aliphatic heterocycles. The first-order valence-electron chi connectivity index (χ1n) is 9.43. The normalized spacial score (nSPS) is 23.8. The van der Waals surface area contributed by atoms with Gasteiger partial charge in [0.25, 0.3) is 0 Å². The fourth-order valence-electron chi connectivity index (χ4n) is 4.00. The second kappa shape index (κ2) is 7.59. The minimum atomic E-state index is -3.72. The molecule has 27 heavy (non-hydrogen) atoms. The zero-order valence-electron chi connectivity index (χ0n) is 15.6. The molecule has 3 N–H and O–H groups in total. The van der Waals surface area contributed by atoms with Crippen molar-refractivity contribution in [3.63, 3.8) is 0 Å². The van der Waals surface area contributed by atoms with E-state index in [1.54, 1.807) is 17.0 Å². The molecule has 2 aliphatic rings. The second-order valence-corrected chi connectivity index (χ2v) is 9.27. The van der Waals surface area contributed by atoms with Gasteiger partial charge in [0.1, 0.15) is 5.54 Å². The summed E-state index contributed by atoms with van der Waals surface area (Å²) in [5, 5.41) is 8.23. The van der Waals surface area contributed by atoms with Gasteiger partial charge in [0.15, 0.2) is 0 Å². The minimum absolute atomic E-state index is 0.0137. The lowest BCUT2D eigenvalue weighted by Crippen LogP contribution is -2.56. The van der Waals surface area contributed by atoms with Crippen LogP contribution in [0.25, 0.3) is 0 Å². The van der Waals surface area contributed by atoms with Crippen LogP contribution < -0.4 is 10.5 Å². The van der Waals surface area contributed by atoms with E-state index in [4.69, 9.17) is 5.14 Å². The van der Waals surface area contributed by atoms with Crippen LogP contribution in [0, 0.1) is 0 Å². The van der Waals surface area contributed by atoms with E-state index < -0.39 is 15.6 Å². The average molecular weight is 394 g/mol. The number of nitrogens with two attached hydrogens (primary N) is 1. The summed E-state index contributed by atoms with van der Waals surface area (Å²) in [7, 11) is -3.72. The molecule has 1 aliphatic carbocycles. The summed E-state index contributed by atoms with van der Waals surface area (Å²) in [5.41, 5.74) is 0.0703. The van der Waals surface area contributed by atoms with Crippen molar-refractivity contribution >= 4 is 21.8 Å². The largest absolute Gasteiger partial charge is 0.351 e. The number of hydrogen-bond acceptors (Lipinski definition) is 4. The van der Waals surface area contributed by atoms with Gasteiger partial charge in [-0.3, -0.25) is 9.59 Å². The summed E-state index contributed by atoms with van der Waals surface area (Å²) < 4.78 is 22.7. The fourth-order valence-corrected chi connectivity index (χ4v) is 4.52. The molecule has 148 valence electrons. The van der Waals surface area contributed by atoms with E-state index in [1.165, 1.54) is 12.1 Å². The topological polar surface area (TPSA) is 110 Å². The number of carbonyl (C=O) groups excluding carboxylic acids is 2. The van der Waals surface area contributed by atoms with E-state index in [0.29, 0.717) is 25.8 Å². The summed E-state index contributed by atoms with van der Waals surface area (Å²) in [5.74, 6) is -0.0787. The predicted octanol–water partition coefficient (Wildman–Crippen LogP) is 1.32. The van der Waals surface area contributed by atoms with E-state index >= 15 is 0 Å². The summed E-state index contributed by atoms with van der Waals surface area (Å²) in [6.45, 7) is 2.26. The van der Waals surface area contributed by atoms with Crippen molar-refractivity contribution in [3.05, 3.63) is 29.8 Å². The van der Waals surface area contributed by atoms with Gasteiger partial charge in [0.05, 0.1) is 4.90 Å². The maximum absolute atomic E-state index is 12.9. The molecular weight excluding hydrogens is 366 g/mol. The monoisotopic (exact) mass is 393 g/mol. The van der Waals surface area contributed by atoms with Gasteiger partial charge < -0.3 is 10.2 Å². The molecule has 0 spiro atoms. The molecule has 1 aromatic rings. The molecule has 2 amide bonds. The average Bonchev–Trinajstić information content (AvgIpc) is 3.22. The third-order valence-corrected chi connectivity index (χ3v) is 6.71. The Bertz CT molecular complexity index is 816. The number of hydrogen-bond donors (Lipinski definition) is 2. The van der Waals surface area contributed by atoms with Gasteiger partial charge in [0.2, 0.25) is 21.8 Å². The Morgan fingerprint density at radius 1 is 1.26 bits per heavy atom. The third-order valence-electron chi connectivity index (χ3n) is 5.78. The fraction of sp³-hybridized carbons (Fsp3) is 0.579. The second-order valence-electron chi connectivity index (χ2n) is 7.71. The summed E-state index contributed by atoms with van der Waals surface area (Å²) in [4.78, 5) is 27.0. The molecule has 1 saturated heterocycles. The first kappa shape index (κ1) is 19.8. The SMILES string of the molecule is C[C@@]1(C(=O)NC2CCCC2)CCC(=O)N1CCc1ccc(S(N)(=O)=O)cc1. The van der Waals surface area contributed by atoms with Crippen molar-refractivity contribution in [2.75, 3.05) is 6.54 Å². The van der Waals surface area contributed by atoms with Crippen LogP contribution in [-0.4, -0.2) is 43.3 Å². The molecule has 2 fully saturated rings. The van der Waals surface area contributed by atoms with Gasteiger partial charge in [-0.15, -0.1) is 0 Å². The van der Waals surface area contributed by atoms with Gasteiger partial charge in [-0.1, -0.05) is 25.0 Å². The summed E-state index contributed by atoms with van der Waals surface area (Å²) in [6.07, 6.45) is 5.73. The van der Waals surface area contributed by atoms with E-state index in [2.05, 4.69) is 5.32 Å². The lowest BCUT2D eigenvalue weighted by molar-refractivity contribution is -0.140. The van der Waals surface area contributed by atoms with Gasteiger partial charge in [-0.05, 0) is 50.3 Å². The standard InChI is InChI=1S/C19H27N3O4S/c1-19(18(24)21-15-4-2-3-5-15)12-10-17(23)22(19)13-11-14-6-8-16(9-7-14)27(20,25)26/h6-9,15H,2-5,10-13H2,1H3,(H,21,24)(H2,20,25,26)/t19-/m0/s1. The zero-order valence-corrected chi connectivity index (χ0v) is 16.4. The Kier molecular flexibility index (Phi) is 5.58. The van der Waals surface area contributed by atoms with Crippen LogP contribution in [-0.2, 0) is 26.0 Å². The zero-order chi connectivity index (χ0) is 19.7. The Hall–Kier alpha value is -1.93. The van der Waals surface area contributed by atoms with Crippen molar-refractivity contribution in [1.29, 1.82) is 0 Å². The quantitative estimate of drug-likeness (QED) is 0.759. The number of nitrogens with one attached hydrogen (secondary N) is 1. The molecule has 0 bridgehead atoms. The number of likely N-dealkylation sites (tertiary alicyclic amines) is 1. The number of benzene rings is 1. The number of nitrogens with zero attached hydrogens (tertiary/aromatic N) is 1.